The van der Waals surface area contributed by atoms with Crippen LogP contribution in [-0.4, -0.2) is 28.0 Å². The minimum Gasteiger partial charge on any atom is -0.295 e. The number of rotatable bonds is 2. The molecule has 2 heterocycles. The molecule has 0 radical (unpaired) electrons. The molecule has 0 aromatic carbocycles. The standard InChI is InChI=1S/C11H14N4/c12-7-10-3-1-6-15(8-10)9-11-13-4-2-5-14-11/h2,4-5,10H,1,3,6,8-9H2. The van der Waals surface area contributed by atoms with Crippen molar-refractivity contribution in [2.45, 2.75) is 19.4 Å². The molecule has 0 amide bonds. The van der Waals surface area contributed by atoms with Crippen molar-refractivity contribution in [1.82, 2.24) is 14.9 Å². The zero-order chi connectivity index (χ0) is 10.5. The molecular weight excluding hydrogens is 188 g/mol. The minimum absolute atomic E-state index is 0.183. The molecule has 2 rings (SSSR count). The molecule has 4 heteroatoms. The predicted molar refractivity (Wildman–Crippen MR) is 55.6 cm³/mol. The molecule has 1 aromatic rings. The van der Waals surface area contributed by atoms with Crippen molar-refractivity contribution in [3.8, 4) is 6.07 Å². The summed E-state index contributed by atoms with van der Waals surface area (Å²) in [5.74, 6) is 1.03. The molecule has 1 unspecified atom stereocenters. The fraction of sp³-hybridized carbons (Fsp3) is 0.545. The lowest BCUT2D eigenvalue weighted by molar-refractivity contribution is 0.188. The van der Waals surface area contributed by atoms with Gasteiger partial charge in [0.1, 0.15) is 5.82 Å². The van der Waals surface area contributed by atoms with Crippen molar-refractivity contribution in [2.75, 3.05) is 13.1 Å². The summed E-state index contributed by atoms with van der Waals surface area (Å²) in [7, 11) is 0. The number of nitriles is 1. The van der Waals surface area contributed by atoms with Gasteiger partial charge in [0, 0.05) is 18.9 Å². The van der Waals surface area contributed by atoms with E-state index < -0.39 is 0 Å². The lowest BCUT2D eigenvalue weighted by Crippen LogP contribution is -2.34. The van der Waals surface area contributed by atoms with Crippen molar-refractivity contribution < 1.29 is 0 Å². The maximum Gasteiger partial charge on any atom is 0.142 e. The molecule has 0 aliphatic carbocycles. The number of hydrogen-bond donors (Lipinski definition) is 0. The minimum atomic E-state index is 0.183. The third kappa shape index (κ3) is 2.74. The summed E-state index contributed by atoms with van der Waals surface area (Å²) < 4.78 is 0. The number of likely N-dealkylation sites (tertiary alicyclic amines) is 1. The summed E-state index contributed by atoms with van der Waals surface area (Å²) in [6, 6.07) is 4.15. The van der Waals surface area contributed by atoms with E-state index >= 15 is 0 Å². The first-order valence-electron chi connectivity index (χ1n) is 5.26. The zero-order valence-electron chi connectivity index (χ0n) is 8.63. The summed E-state index contributed by atoms with van der Waals surface area (Å²) >= 11 is 0. The third-order valence-electron chi connectivity index (χ3n) is 2.67. The molecular formula is C11H14N4. The van der Waals surface area contributed by atoms with Crippen molar-refractivity contribution in [3.05, 3.63) is 24.3 Å². The highest BCUT2D eigenvalue weighted by atomic mass is 15.1. The fourth-order valence-electron chi connectivity index (χ4n) is 1.92. The Kier molecular flexibility index (Phi) is 3.25. The van der Waals surface area contributed by atoms with E-state index in [-0.39, 0.29) is 5.92 Å². The molecule has 15 heavy (non-hydrogen) atoms. The summed E-state index contributed by atoms with van der Waals surface area (Å²) in [5, 5.41) is 8.87. The van der Waals surface area contributed by atoms with Crippen molar-refractivity contribution in [3.63, 3.8) is 0 Å². The van der Waals surface area contributed by atoms with E-state index in [1.807, 2.05) is 6.07 Å². The number of hydrogen-bond acceptors (Lipinski definition) is 4. The van der Waals surface area contributed by atoms with E-state index in [0.717, 1.165) is 38.3 Å². The third-order valence-corrected chi connectivity index (χ3v) is 2.67. The maximum absolute atomic E-state index is 8.87. The van der Waals surface area contributed by atoms with Crippen LogP contribution >= 0.6 is 0 Å². The molecule has 78 valence electrons. The number of aromatic nitrogens is 2. The van der Waals surface area contributed by atoms with Crippen LogP contribution in [0.4, 0.5) is 0 Å². The Bertz CT molecular complexity index is 343. The van der Waals surface area contributed by atoms with Gasteiger partial charge in [-0.2, -0.15) is 5.26 Å². The average molecular weight is 202 g/mol. The highest BCUT2D eigenvalue weighted by molar-refractivity contribution is 4.92. The van der Waals surface area contributed by atoms with Crippen molar-refractivity contribution in [1.29, 1.82) is 5.26 Å². The molecule has 1 aliphatic heterocycles. The van der Waals surface area contributed by atoms with Gasteiger partial charge in [-0.3, -0.25) is 4.90 Å². The molecule has 0 spiro atoms. The molecule has 1 saturated heterocycles. The molecule has 1 fully saturated rings. The van der Waals surface area contributed by atoms with Crippen LogP contribution in [0.25, 0.3) is 0 Å². The summed E-state index contributed by atoms with van der Waals surface area (Å²) in [6.45, 7) is 2.67. The van der Waals surface area contributed by atoms with E-state index in [9.17, 15) is 0 Å². The van der Waals surface area contributed by atoms with E-state index in [1.165, 1.54) is 0 Å². The zero-order valence-corrected chi connectivity index (χ0v) is 8.63. The second-order valence-corrected chi connectivity index (χ2v) is 3.87. The van der Waals surface area contributed by atoms with Crippen LogP contribution in [0.1, 0.15) is 18.7 Å². The van der Waals surface area contributed by atoms with Gasteiger partial charge >= 0.3 is 0 Å². The first-order chi connectivity index (χ1) is 7.38. The van der Waals surface area contributed by atoms with E-state index in [4.69, 9.17) is 5.26 Å². The van der Waals surface area contributed by atoms with Gasteiger partial charge in [0.25, 0.3) is 0 Å². The average Bonchev–Trinajstić information content (AvgIpc) is 2.31. The monoisotopic (exact) mass is 202 g/mol. The second-order valence-electron chi connectivity index (χ2n) is 3.87. The number of piperidine rings is 1. The summed E-state index contributed by atoms with van der Waals surface area (Å²) in [6.07, 6.45) is 5.65. The lowest BCUT2D eigenvalue weighted by Gasteiger charge is -2.28. The fourth-order valence-corrected chi connectivity index (χ4v) is 1.92. The maximum atomic E-state index is 8.87. The van der Waals surface area contributed by atoms with E-state index in [0.29, 0.717) is 0 Å². The van der Waals surface area contributed by atoms with E-state index in [1.54, 1.807) is 12.4 Å². The quantitative estimate of drug-likeness (QED) is 0.723. The highest BCUT2D eigenvalue weighted by Gasteiger charge is 2.19. The van der Waals surface area contributed by atoms with Crippen LogP contribution in [0.2, 0.25) is 0 Å². The first kappa shape index (κ1) is 10.1. The molecule has 1 atom stereocenters. The van der Waals surface area contributed by atoms with Crippen LogP contribution in [0.3, 0.4) is 0 Å². The van der Waals surface area contributed by atoms with Crippen LogP contribution < -0.4 is 0 Å². The molecule has 1 aromatic heterocycles. The predicted octanol–water partition coefficient (Wildman–Crippen LogP) is 1.21. The topological polar surface area (TPSA) is 52.8 Å². The number of nitrogens with zero attached hydrogens (tertiary/aromatic N) is 4. The van der Waals surface area contributed by atoms with Crippen LogP contribution in [0, 0.1) is 17.2 Å². The molecule has 4 nitrogen and oxygen atoms in total. The molecule has 0 N–H and O–H groups in total. The summed E-state index contributed by atoms with van der Waals surface area (Å²) in [4.78, 5) is 10.6. The largest absolute Gasteiger partial charge is 0.295 e. The Morgan fingerprint density at radius 1 is 1.47 bits per heavy atom. The normalized spacial score (nSPS) is 22.2. The van der Waals surface area contributed by atoms with Gasteiger partial charge in [-0.15, -0.1) is 0 Å². The van der Waals surface area contributed by atoms with Gasteiger partial charge in [0.15, 0.2) is 0 Å². The van der Waals surface area contributed by atoms with Crippen LogP contribution in [-0.2, 0) is 6.54 Å². The van der Waals surface area contributed by atoms with Gasteiger partial charge in [-0.1, -0.05) is 0 Å². The Morgan fingerprint density at radius 3 is 3.00 bits per heavy atom. The molecule has 1 aliphatic rings. The van der Waals surface area contributed by atoms with Gasteiger partial charge < -0.3 is 0 Å². The van der Waals surface area contributed by atoms with Crippen LogP contribution in [0.5, 0.6) is 0 Å². The first-order valence-corrected chi connectivity index (χ1v) is 5.26. The van der Waals surface area contributed by atoms with Gasteiger partial charge in [0.2, 0.25) is 0 Å². The molecule has 0 saturated carbocycles. The smallest absolute Gasteiger partial charge is 0.142 e. The van der Waals surface area contributed by atoms with Gasteiger partial charge in [-0.25, -0.2) is 9.97 Å². The Labute approximate surface area is 89.6 Å². The van der Waals surface area contributed by atoms with E-state index in [2.05, 4.69) is 20.9 Å². The summed E-state index contributed by atoms with van der Waals surface area (Å²) in [5.41, 5.74) is 0. The SMILES string of the molecule is N#CC1CCCN(Cc2ncccn2)C1. The highest BCUT2D eigenvalue weighted by Crippen LogP contribution is 2.16. The molecule has 0 bridgehead atoms. The Hall–Kier alpha value is -1.47. The Morgan fingerprint density at radius 2 is 2.27 bits per heavy atom. The van der Waals surface area contributed by atoms with Gasteiger partial charge in [0.05, 0.1) is 18.5 Å². The lowest BCUT2D eigenvalue weighted by atomic mass is 10.00. The van der Waals surface area contributed by atoms with Crippen molar-refractivity contribution >= 4 is 0 Å². The van der Waals surface area contributed by atoms with Gasteiger partial charge in [-0.05, 0) is 25.5 Å². The second kappa shape index (κ2) is 4.85. The van der Waals surface area contributed by atoms with Crippen molar-refractivity contribution in [2.24, 2.45) is 5.92 Å². The Balaban J connectivity index is 1.93. The van der Waals surface area contributed by atoms with Crippen LogP contribution in [0.15, 0.2) is 18.5 Å².